The van der Waals surface area contributed by atoms with Gasteiger partial charge >= 0.3 is 0 Å². The molecule has 0 aliphatic rings. The van der Waals surface area contributed by atoms with E-state index in [1.165, 1.54) is 4.88 Å². The molecule has 0 atom stereocenters. The van der Waals surface area contributed by atoms with Crippen molar-refractivity contribution in [1.82, 2.24) is 19.9 Å². The number of fused-ring (bicyclic) bond motifs is 1. The fourth-order valence-electron chi connectivity index (χ4n) is 1.82. The van der Waals surface area contributed by atoms with Crippen molar-refractivity contribution in [3.63, 3.8) is 0 Å². The summed E-state index contributed by atoms with van der Waals surface area (Å²) in [5.41, 5.74) is 0. The average Bonchev–Trinajstić information content (AvgIpc) is 3.04. The van der Waals surface area contributed by atoms with Crippen molar-refractivity contribution < 1.29 is 0 Å². The van der Waals surface area contributed by atoms with Crippen molar-refractivity contribution in [2.45, 2.75) is 19.9 Å². The molecule has 19 heavy (non-hydrogen) atoms. The van der Waals surface area contributed by atoms with Crippen LogP contribution in [0.15, 0.2) is 18.5 Å². The van der Waals surface area contributed by atoms with Crippen molar-refractivity contribution in [3.8, 4) is 0 Å². The van der Waals surface area contributed by atoms with Crippen molar-refractivity contribution in [2.75, 3.05) is 5.32 Å². The van der Waals surface area contributed by atoms with E-state index in [0.29, 0.717) is 6.54 Å². The summed E-state index contributed by atoms with van der Waals surface area (Å²) in [6.45, 7) is 2.70. The fraction of sp³-hybridized carbons (Fsp3) is 0.250. The second-order valence-electron chi connectivity index (χ2n) is 4.02. The lowest BCUT2D eigenvalue weighted by Crippen LogP contribution is -2.03. The molecule has 0 aliphatic carbocycles. The molecule has 2 N–H and O–H groups in total. The molecular formula is C12H12ClN5S. The third kappa shape index (κ3) is 2.54. The normalized spacial score (nSPS) is 11.1. The van der Waals surface area contributed by atoms with Crippen LogP contribution in [0.5, 0.6) is 0 Å². The first-order valence-corrected chi connectivity index (χ1v) is 7.14. The first kappa shape index (κ1) is 12.4. The Morgan fingerprint density at radius 2 is 2.32 bits per heavy atom. The van der Waals surface area contributed by atoms with Crippen LogP contribution in [0.2, 0.25) is 5.28 Å². The van der Waals surface area contributed by atoms with Gasteiger partial charge in [0.1, 0.15) is 16.5 Å². The quantitative estimate of drug-likeness (QED) is 0.725. The van der Waals surface area contributed by atoms with Crippen LogP contribution in [0.1, 0.15) is 17.6 Å². The topological polar surface area (TPSA) is 66.5 Å². The number of nitrogens with zero attached hydrogens (tertiary/aromatic N) is 3. The minimum atomic E-state index is 0.263. The van der Waals surface area contributed by atoms with Crippen LogP contribution in [0.4, 0.5) is 5.82 Å². The molecule has 0 bridgehead atoms. The van der Waals surface area contributed by atoms with Gasteiger partial charge in [-0.05, 0) is 24.1 Å². The maximum absolute atomic E-state index is 5.96. The Labute approximate surface area is 119 Å². The van der Waals surface area contributed by atoms with Gasteiger partial charge in [0.05, 0.1) is 11.9 Å². The zero-order valence-electron chi connectivity index (χ0n) is 10.3. The Hall–Kier alpha value is -1.66. The van der Waals surface area contributed by atoms with E-state index < -0.39 is 0 Å². The van der Waals surface area contributed by atoms with Gasteiger partial charge in [-0.3, -0.25) is 0 Å². The Bertz CT molecular complexity index is 692. The predicted octanol–water partition coefficient (Wildman–Crippen LogP) is 3.24. The fourth-order valence-corrected chi connectivity index (χ4v) is 3.00. The molecule has 0 amide bonds. The molecule has 0 fully saturated rings. The number of imidazole rings is 1. The summed E-state index contributed by atoms with van der Waals surface area (Å²) < 4.78 is 0. The first-order valence-electron chi connectivity index (χ1n) is 5.94. The maximum Gasteiger partial charge on any atom is 0.225 e. The smallest absolute Gasteiger partial charge is 0.225 e. The molecule has 0 aliphatic heterocycles. The van der Waals surface area contributed by atoms with Gasteiger partial charge in [0.15, 0.2) is 0 Å². The highest BCUT2D eigenvalue weighted by atomic mass is 35.5. The van der Waals surface area contributed by atoms with E-state index in [1.54, 1.807) is 23.7 Å². The Morgan fingerprint density at radius 3 is 3.05 bits per heavy atom. The minimum absolute atomic E-state index is 0.263. The van der Waals surface area contributed by atoms with E-state index >= 15 is 0 Å². The summed E-state index contributed by atoms with van der Waals surface area (Å²) in [5, 5.41) is 4.52. The van der Waals surface area contributed by atoms with E-state index in [2.05, 4.69) is 38.2 Å². The van der Waals surface area contributed by atoms with Gasteiger partial charge in [-0.15, -0.1) is 11.3 Å². The van der Waals surface area contributed by atoms with Gasteiger partial charge in [-0.1, -0.05) is 6.92 Å². The number of hydrogen-bond donors (Lipinski definition) is 2. The molecule has 98 valence electrons. The summed E-state index contributed by atoms with van der Waals surface area (Å²) >= 11 is 7.61. The molecule has 0 unspecified atom stereocenters. The second-order valence-corrected chi connectivity index (χ2v) is 5.47. The van der Waals surface area contributed by atoms with Gasteiger partial charge in [-0.25, -0.2) is 15.0 Å². The number of H-pyrrole nitrogens is 1. The molecule has 0 saturated heterocycles. The molecule has 3 heterocycles. The summed E-state index contributed by atoms with van der Waals surface area (Å²) in [4.78, 5) is 17.9. The highest BCUT2D eigenvalue weighted by Crippen LogP contribution is 2.30. The van der Waals surface area contributed by atoms with Crippen molar-refractivity contribution >= 4 is 39.0 Å². The minimum Gasteiger partial charge on any atom is -0.362 e. The largest absolute Gasteiger partial charge is 0.362 e. The second kappa shape index (κ2) is 5.14. The number of anilines is 1. The number of hydrogen-bond acceptors (Lipinski definition) is 5. The van der Waals surface area contributed by atoms with Crippen LogP contribution in [0.25, 0.3) is 10.2 Å². The summed E-state index contributed by atoms with van der Waals surface area (Å²) in [6.07, 6.45) is 4.49. The lowest BCUT2D eigenvalue weighted by molar-refractivity contribution is 0.989. The SMILES string of the molecule is CCc1cc2c(NCc3ncc[nH]3)nc(Cl)nc2s1. The summed E-state index contributed by atoms with van der Waals surface area (Å²) in [5.74, 6) is 1.61. The predicted molar refractivity (Wildman–Crippen MR) is 77.7 cm³/mol. The zero-order valence-corrected chi connectivity index (χ0v) is 11.8. The van der Waals surface area contributed by atoms with Crippen LogP contribution >= 0.6 is 22.9 Å². The van der Waals surface area contributed by atoms with E-state index in [-0.39, 0.29) is 5.28 Å². The lowest BCUT2D eigenvalue weighted by atomic mass is 10.3. The molecule has 3 aromatic heterocycles. The molecule has 0 saturated carbocycles. The molecule has 0 radical (unpaired) electrons. The number of nitrogens with one attached hydrogen (secondary N) is 2. The van der Waals surface area contributed by atoms with Gasteiger partial charge in [-0.2, -0.15) is 0 Å². The standard InChI is InChI=1S/C12H12ClN5S/c1-2-7-5-8-10(16-6-9-14-3-4-15-9)17-12(13)18-11(8)19-7/h3-5H,2,6H2,1H3,(H,14,15)(H,16,17,18). The third-order valence-electron chi connectivity index (χ3n) is 2.74. The highest BCUT2D eigenvalue weighted by Gasteiger charge is 2.10. The Kier molecular flexibility index (Phi) is 3.35. The van der Waals surface area contributed by atoms with Gasteiger partial charge in [0.25, 0.3) is 0 Å². The van der Waals surface area contributed by atoms with E-state index in [4.69, 9.17) is 11.6 Å². The summed E-state index contributed by atoms with van der Waals surface area (Å²) in [6, 6.07) is 2.11. The van der Waals surface area contributed by atoms with Crippen LogP contribution in [-0.2, 0) is 13.0 Å². The molecule has 3 rings (SSSR count). The third-order valence-corrected chi connectivity index (χ3v) is 4.09. The Balaban J connectivity index is 1.94. The van der Waals surface area contributed by atoms with Gasteiger partial charge in [0.2, 0.25) is 5.28 Å². The molecule has 0 spiro atoms. The highest BCUT2D eigenvalue weighted by molar-refractivity contribution is 7.18. The van der Waals surface area contributed by atoms with Crippen molar-refractivity contribution in [2.24, 2.45) is 0 Å². The number of aromatic nitrogens is 4. The Morgan fingerprint density at radius 1 is 1.42 bits per heavy atom. The number of aromatic amines is 1. The number of rotatable bonds is 4. The summed E-state index contributed by atoms with van der Waals surface area (Å²) in [7, 11) is 0. The molecular weight excluding hydrogens is 282 g/mol. The number of halogens is 1. The zero-order chi connectivity index (χ0) is 13.2. The monoisotopic (exact) mass is 293 g/mol. The van der Waals surface area contributed by atoms with Gasteiger partial charge in [0, 0.05) is 17.3 Å². The molecule has 0 aromatic carbocycles. The van der Waals surface area contributed by atoms with E-state index in [9.17, 15) is 0 Å². The number of aryl methyl sites for hydroxylation is 1. The van der Waals surface area contributed by atoms with Crippen LogP contribution in [0, 0.1) is 0 Å². The van der Waals surface area contributed by atoms with Crippen LogP contribution < -0.4 is 5.32 Å². The lowest BCUT2D eigenvalue weighted by Gasteiger charge is -2.05. The molecule has 5 nitrogen and oxygen atoms in total. The maximum atomic E-state index is 5.96. The van der Waals surface area contributed by atoms with Crippen molar-refractivity contribution in [1.29, 1.82) is 0 Å². The first-order chi connectivity index (χ1) is 9.26. The molecule has 7 heteroatoms. The average molecular weight is 294 g/mol. The molecule has 3 aromatic rings. The van der Waals surface area contributed by atoms with Crippen molar-refractivity contribution in [3.05, 3.63) is 34.4 Å². The van der Waals surface area contributed by atoms with E-state index in [1.807, 2.05) is 0 Å². The number of thiophene rings is 1. The van der Waals surface area contributed by atoms with Gasteiger partial charge < -0.3 is 10.3 Å². The van der Waals surface area contributed by atoms with E-state index in [0.717, 1.165) is 28.3 Å². The van der Waals surface area contributed by atoms with Crippen LogP contribution in [0.3, 0.4) is 0 Å². The van der Waals surface area contributed by atoms with Crippen LogP contribution in [-0.4, -0.2) is 19.9 Å².